The molecular formula is C9H16N2. The predicted molar refractivity (Wildman–Crippen MR) is 48.1 cm³/mol. The van der Waals surface area contributed by atoms with Crippen LogP contribution >= 0.6 is 0 Å². The van der Waals surface area contributed by atoms with Crippen LogP contribution < -0.4 is 5.73 Å². The number of allylic oxidation sites excluding steroid dienone is 1. The van der Waals surface area contributed by atoms with Gasteiger partial charge in [-0.1, -0.05) is 13.2 Å². The molecule has 0 aliphatic carbocycles. The van der Waals surface area contributed by atoms with Crippen LogP contribution in [0.1, 0.15) is 13.3 Å². The maximum Gasteiger partial charge on any atom is 0.0330 e. The minimum atomic E-state index is 0.325. The average Bonchev–Trinajstić information content (AvgIpc) is 2.34. The van der Waals surface area contributed by atoms with Gasteiger partial charge in [-0.2, -0.15) is 0 Å². The molecule has 2 nitrogen and oxygen atoms in total. The molecule has 1 heterocycles. The van der Waals surface area contributed by atoms with Crippen molar-refractivity contribution in [3.05, 3.63) is 24.4 Å². The molecule has 1 atom stereocenters. The third-order valence-corrected chi connectivity index (χ3v) is 2.10. The van der Waals surface area contributed by atoms with Crippen molar-refractivity contribution in [1.82, 2.24) is 4.90 Å². The van der Waals surface area contributed by atoms with Crippen molar-refractivity contribution in [1.29, 1.82) is 0 Å². The highest BCUT2D eigenvalue weighted by Crippen LogP contribution is 2.17. The van der Waals surface area contributed by atoms with Crippen LogP contribution in [0.15, 0.2) is 24.4 Å². The number of nitrogens with zero attached hydrogens (tertiary/aromatic N) is 1. The van der Waals surface area contributed by atoms with Gasteiger partial charge >= 0.3 is 0 Å². The van der Waals surface area contributed by atoms with Gasteiger partial charge in [-0.3, -0.25) is 0 Å². The Morgan fingerprint density at radius 1 is 1.55 bits per heavy atom. The Labute approximate surface area is 68.4 Å². The summed E-state index contributed by atoms with van der Waals surface area (Å²) in [6.07, 6.45) is 1.08. The molecule has 0 amide bonds. The van der Waals surface area contributed by atoms with Crippen LogP contribution in [0.25, 0.3) is 0 Å². The summed E-state index contributed by atoms with van der Waals surface area (Å²) < 4.78 is 0. The van der Waals surface area contributed by atoms with Crippen molar-refractivity contribution in [2.75, 3.05) is 13.1 Å². The fraction of sp³-hybridized carbons (Fsp3) is 0.556. The lowest BCUT2D eigenvalue weighted by molar-refractivity contribution is 0.429. The first-order valence-electron chi connectivity index (χ1n) is 3.96. The molecule has 0 saturated carbocycles. The molecule has 0 aromatic rings. The molecular weight excluding hydrogens is 136 g/mol. The fourth-order valence-corrected chi connectivity index (χ4v) is 1.30. The molecule has 0 aromatic heterocycles. The minimum Gasteiger partial charge on any atom is -0.370 e. The quantitative estimate of drug-likeness (QED) is 0.600. The molecule has 11 heavy (non-hydrogen) atoms. The van der Waals surface area contributed by atoms with E-state index in [0.29, 0.717) is 6.04 Å². The molecule has 1 unspecified atom stereocenters. The van der Waals surface area contributed by atoms with E-state index in [4.69, 9.17) is 5.73 Å². The van der Waals surface area contributed by atoms with Gasteiger partial charge in [0.2, 0.25) is 0 Å². The zero-order chi connectivity index (χ0) is 8.43. The highest BCUT2D eigenvalue weighted by atomic mass is 15.2. The minimum absolute atomic E-state index is 0.325. The van der Waals surface area contributed by atoms with E-state index >= 15 is 0 Å². The van der Waals surface area contributed by atoms with E-state index in [-0.39, 0.29) is 0 Å². The zero-order valence-electron chi connectivity index (χ0n) is 7.14. The van der Waals surface area contributed by atoms with Crippen molar-refractivity contribution < 1.29 is 0 Å². The monoisotopic (exact) mass is 152 g/mol. The van der Waals surface area contributed by atoms with Gasteiger partial charge in [0.1, 0.15) is 0 Å². The highest BCUT2D eigenvalue weighted by molar-refractivity contribution is 5.22. The van der Waals surface area contributed by atoms with E-state index in [1.54, 1.807) is 0 Å². The van der Waals surface area contributed by atoms with E-state index < -0.39 is 0 Å². The lowest BCUT2D eigenvalue weighted by Crippen LogP contribution is -2.26. The molecule has 0 aromatic carbocycles. The lowest BCUT2D eigenvalue weighted by Gasteiger charge is -2.20. The lowest BCUT2D eigenvalue weighted by atomic mass is 10.2. The first kappa shape index (κ1) is 8.34. The molecule has 1 saturated heterocycles. The first-order chi connectivity index (χ1) is 5.11. The number of nitrogens with two attached hydrogens (primary N) is 1. The van der Waals surface area contributed by atoms with E-state index in [2.05, 4.69) is 18.1 Å². The molecule has 0 radical (unpaired) electrons. The summed E-state index contributed by atoms with van der Waals surface area (Å²) in [7, 11) is 0. The van der Waals surface area contributed by atoms with E-state index in [1.165, 1.54) is 0 Å². The highest BCUT2D eigenvalue weighted by Gasteiger charge is 2.19. The van der Waals surface area contributed by atoms with Crippen LogP contribution in [0.3, 0.4) is 0 Å². The van der Waals surface area contributed by atoms with Gasteiger partial charge in [0.05, 0.1) is 0 Å². The van der Waals surface area contributed by atoms with Gasteiger partial charge in [0.15, 0.2) is 0 Å². The summed E-state index contributed by atoms with van der Waals surface area (Å²) in [5.41, 5.74) is 7.83. The fourth-order valence-electron chi connectivity index (χ4n) is 1.30. The number of hydrogen-bond acceptors (Lipinski definition) is 2. The van der Waals surface area contributed by atoms with Crippen LogP contribution in [-0.4, -0.2) is 24.0 Å². The smallest absolute Gasteiger partial charge is 0.0330 e. The van der Waals surface area contributed by atoms with Crippen molar-refractivity contribution >= 4 is 0 Å². The molecule has 0 bridgehead atoms. The molecule has 1 rings (SSSR count). The van der Waals surface area contributed by atoms with Crippen LogP contribution in [-0.2, 0) is 0 Å². The summed E-state index contributed by atoms with van der Waals surface area (Å²) in [5, 5.41) is 0. The Morgan fingerprint density at radius 3 is 2.55 bits per heavy atom. The van der Waals surface area contributed by atoms with Gasteiger partial charge in [0, 0.05) is 24.8 Å². The second-order valence-corrected chi connectivity index (χ2v) is 3.22. The maximum atomic E-state index is 5.75. The maximum absolute atomic E-state index is 5.75. The topological polar surface area (TPSA) is 29.3 Å². The van der Waals surface area contributed by atoms with Gasteiger partial charge in [-0.15, -0.1) is 0 Å². The second-order valence-electron chi connectivity index (χ2n) is 3.22. The number of rotatable bonds is 2. The average molecular weight is 152 g/mol. The number of likely N-dealkylation sites (tertiary alicyclic amines) is 1. The Balaban J connectivity index is 2.50. The third-order valence-electron chi connectivity index (χ3n) is 2.10. The van der Waals surface area contributed by atoms with Crippen molar-refractivity contribution in [3.63, 3.8) is 0 Å². The summed E-state index contributed by atoms with van der Waals surface area (Å²) in [6.45, 7) is 11.7. The van der Waals surface area contributed by atoms with Gasteiger partial charge in [-0.25, -0.2) is 0 Å². The Kier molecular flexibility index (Phi) is 2.35. The number of hydrogen-bond donors (Lipinski definition) is 1. The predicted octanol–water partition coefficient (Wildman–Crippen LogP) is 1.11. The van der Waals surface area contributed by atoms with E-state index in [0.717, 1.165) is 30.8 Å². The normalized spacial score (nSPS) is 23.8. The van der Waals surface area contributed by atoms with Crippen LogP contribution in [0.5, 0.6) is 0 Å². The summed E-state index contributed by atoms with van der Waals surface area (Å²) in [4.78, 5) is 2.20. The van der Waals surface area contributed by atoms with Gasteiger partial charge < -0.3 is 10.6 Å². The summed E-state index contributed by atoms with van der Waals surface area (Å²) in [6, 6.07) is 0.325. The second kappa shape index (κ2) is 3.09. The molecule has 1 fully saturated rings. The van der Waals surface area contributed by atoms with Crippen molar-refractivity contribution in [2.24, 2.45) is 5.73 Å². The molecule has 2 N–H and O–H groups in total. The molecule has 1 aliphatic rings. The molecule has 0 spiro atoms. The Hall–Kier alpha value is -0.760. The van der Waals surface area contributed by atoms with E-state index in [1.807, 2.05) is 6.92 Å². The van der Waals surface area contributed by atoms with Crippen LogP contribution in [0, 0.1) is 0 Å². The molecule has 62 valence electrons. The van der Waals surface area contributed by atoms with Crippen LogP contribution in [0.2, 0.25) is 0 Å². The van der Waals surface area contributed by atoms with Gasteiger partial charge in [-0.05, 0) is 18.9 Å². The van der Waals surface area contributed by atoms with Gasteiger partial charge in [0.25, 0.3) is 0 Å². The summed E-state index contributed by atoms with van der Waals surface area (Å²) in [5.74, 6) is 0. The Morgan fingerprint density at radius 2 is 2.18 bits per heavy atom. The molecule has 1 aliphatic heterocycles. The standard InChI is InChI=1S/C9H16N2/c1-7(2)8(3)11-5-4-9(10)6-11/h9H,1,3-6,10H2,2H3. The summed E-state index contributed by atoms with van der Waals surface area (Å²) >= 11 is 0. The van der Waals surface area contributed by atoms with Crippen molar-refractivity contribution in [2.45, 2.75) is 19.4 Å². The largest absolute Gasteiger partial charge is 0.370 e. The first-order valence-corrected chi connectivity index (χ1v) is 3.96. The molecule has 2 heteroatoms. The third kappa shape index (κ3) is 1.84. The Bertz CT molecular complexity index is 184. The van der Waals surface area contributed by atoms with Crippen LogP contribution in [0.4, 0.5) is 0 Å². The SMILES string of the molecule is C=C(C)C(=C)N1CCC(N)C1. The zero-order valence-corrected chi connectivity index (χ0v) is 7.14. The van der Waals surface area contributed by atoms with E-state index in [9.17, 15) is 0 Å². The van der Waals surface area contributed by atoms with Crippen molar-refractivity contribution in [3.8, 4) is 0 Å².